The molecule has 170 valence electrons. The SMILES string of the molecule is COc1ccc(CNC(=O)[C@@H]2[C@H]3C=C[C@@]4(CN(Cc5ccc6c(c5)OCO6)C(=O)[C@@H]24)O3)cc1. The average Bonchev–Trinajstić information content (AvgIpc) is 3.59. The highest BCUT2D eigenvalue weighted by molar-refractivity contribution is 5.93. The molecule has 8 nitrogen and oxygen atoms in total. The highest BCUT2D eigenvalue weighted by atomic mass is 16.7. The highest BCUT2D eigenvalue weighted by Crippen LogP contribution is 2.52. The van der Waals surface area contributed by atoms with Crippen molar-refractivity contribution in [2.75, 3.05) is 20.4 Å². The number of fused-ring (bicyclic) bond motifs is 2. The van der Waals surface area contributed by atoms with Gasteiger partial charge in [-0.1, -0.05) is 30.4 Å². The first kappa shape index (κ1) is 20.1. The molecular weight excluding hydrogens is 424 g/mol. The smallest absolute Gasteiger partial charge is 0.231 e. The molecule has 4 aliphatic rings. The summed E-state index contributed by atoms with van der Waals surface area (Å²) in [5, 5.41) is 2.99. The fourth-order valence-corrected chi connectivity index (χ4v) is 5.32. The van der Waals surface area contributed by atoms with Gasteiger partial charge in [0.05, 0.1) is 31.6 Å². The summed E-state index contributed by atoms with van der Waals surface area (Å²) in [7, 11) is 1.61. The van der Waals surface area contributed by atoms with E-state index < -0.39 is 17.4 Å². The van der Waals surface area contributed by atoms with Crippen molar-refractivity contribution < 1.29 is 28.5 Å². The molecule has 2 amide bonds. The molecule has 2 saturated heterocycles. The first-order chi connectivity index (χ1) is 16.1. The Hall–Kier alpha value is -3.52. The van der Waals surface area contributed by atoms with Gasteiger partial charge < -0.3 is 29.2 Å². The molecule has 0 saturated carbocycles. The van der Waals surface area contributed by atoms with Crippen molar-refractivity contribution in [2.24, 2.45) is 11.8 Å². The molecular formula is C25H24N2O6. The van der Waals surface area contributed by atoms with Crippen LogP contribution in [-0.2, 0) is 27.4 Å². The van der Waals surface area contributed by atoms with Crippen molar-refractivity contribution in [3.8, 4) is 17.2 Å². The zero-order chi connectivity index (χ0) is 22.6. The molecule has 2 aromatic rings. The van der Waals surface area contributed by atoms with Crippen LogP contribution in [0.4, 0.5) is 0 Å². The minimum Gasteiger partial charge on any atom is -0.497 e. The third-order valence-corrected chi connectivity index (χ3v) is 6.92. The van der Waals surface area contributed by atoms with E-state index >= 15 is 0 Å². The number of likely N-dealkylation sites (tertiary alicyclic amines) is 1. The summed E-state index contributed by atoms with van der Waals surface area (Å²) in [5.74, 6) is 0.887. The van der Waals surface area contributed by atoms with Gasteiger partial charge in [-0.2, -0.15) is 0 Å². The maximum absolute atomic E-state index is 13.4. The van der Waals surface area contributed by atoms with Crippen molar-refractivity contribution in [3.63, 3.8) is 0 Å². The lowest BCUT2D eigenvalue weighted by atomic mass is 9.77. The van der Waals surface area contributed by atoms with Crippen LogP contribution in [0, 0.1) is 11.8 Å². The van der Waals surface area contributed by atoms with E-state index in [1.165, 1.54) is 0 Å². The van der Waals surface area contributed by atoms with Gasteiger partial charge in [-0.15, -0.1) is 0 Å². The lowest BCUT2D eigenvalue weighted by Crippen LogP contribution is -2.43. The molecule has 33 heavy (non-hydrogen) atoms. The summed E-state index contributed by atoms with van der Waals surface area (Å²) in [6.07, 6.45) is 3.51. The van der Waals surface area contributed by atoms with Crippen LogP contribution in [0.25, 0.3) is 0 Å². The Kier molecular flexibility index (Phi) is 4.58. The van der Waals surface area contributed by atoms with E-state index in [0.29, 0.717) is 31.1 Å². The lowest BCUT2D eigenvalue weighted by Gasteiger charge is -2.23. The Labute approximate surface area is 191 Å². The van der Waals surface area contributed by atoms with Crippen LogP contribution >= 0.6 is 0 Å². The number of benzene rings is 2. The van der Waals surface area contributed by atoms with E-state index in [1.54, 1.807) is 12.0 Å². The standard InChI is InChI=1S/C25H24N2O6/c1-30-17-5-2-15(3-6-17)11-26-23(28)21-19-8-9-25(33-19)13-27(24(29)22(21)25)12-16-4-7-18-20(10-16)32-14-31-18/h2-10,19,21-22H,11-14H2,1H3,(H,26,28)/t19-,21-,22-,25+/m1/s1. The summed E-state index contributed by atoms with van der Waals surface area (Å²) in [6, 6.07) is 13.2. The summed E-state index contributed by atoms with van der Waals surface area (Å²) in [6.45, 7) is 1.44. The molecule has 0 unspecified atom stereocenters. The average molecular weight is 448 g/mol. The van der Waals surface area contributed by atoms with Gasteiger partial charge in [-0.3, -0.25) is 9.59 Å². The summed E-state index contributed by atoms with van der Waals surface area (Å²) >= 11 is 0. The molecule has 2 fully saturated rings. The Morgan fingerprint density at radius 2 is 1.94 bits per heavy atom. The van der Waals surface area contributed by atoms with E-state index in [1.807, 2.05) is 54.6 Å². The van der Waals surface area contributed by atoms with Crippen molar-refractivity contribution in [1.82, 2.24) is 10.2 Å². The molecule has 1 spiro atoms. The molecule has 4 atom stereocenters. The maximum atomic E-state index is 13.4. The number of methoxy groups -OCH3 is 1. The quantitative estimate of drug-likeness (QED) is 0.681. The van der Waals surface area contributed by atoms with E-state index in [4.69, 9.17) is 18.9 Å². The number of hydrogen-bond donors (Lipinski definition) is 1. The predicted octanol–water partition coefficient (Wildman–Crippen LogP) is 2.02. The normalized spacial score (nSPS) is 28.3. The van der Waals surface area contributed by atoms with Crippen LogP contribution in [-0.4, -0.2) is 48.9 Å². The molecule has 0 radical (unpaired) electrons. The number of nitrogens with one attached hydrogen (secondary N) is 1. The van der Waals surface area contributed by atoms with Crippen molar-refractivity contribution in [3.05, 3.63) is 65.7 Å². The molecule has 8 heteroatoms. The molecule has 4 aliphatic heterocycles. The predicted molar refractivity (Wildman–Crippen MR) is 117 cm³/mol. The van der Waals surface area contributed by atoms with E-state index in [2.05, 4.69) is 5.32 Å². The third-order valence-electron chi connectivity index (χ3n) is 6.92. The monoisotopic (exact) mass is 448 g/mol. The molecule has 1 N–H and O–H groups in total. The van der Waals surface area contributed by atoms with Gasteiger partial charge in [-0.05, 0) is 35.4 Å². The Bertz CT molecular complexity index is 1150. The van der Waals surface area contributed by atoms with Crippen LogP contribution in [0.2, 0.25) is 0 Å². The zero-order valence-electron chi connectivity index (χ0n) is 18.2. The van der Waals surface area contributed by atoms with Crippen molar-refractivity contribution in [2.45, 2.75) is 24.8 Å². The fraction of sp³-hybridized carbons (Fsp3) is 0.360. The first-order valence-corrected chi connectivity index (χ1v) is 11.0. The van der Waals surface area contributed by atoms with Gasteiger partial charge in [-0.25, -0.2) is 0 Å². The molecule has 6 rings (SSSR count). The zero-order valence-corrected chi connectivity index (χ0v) is 18.2. The van der Waals surface area contributed by atoms with E-state index in [0.717, 1.165) is 16.9 Å². The van der Waals surface area contributed by atoms with Crippen molar-refractivity contribution in [1.29, 1.82) is 0 Å². The topological polar surface area (TPSA) is 86.3 Å². The molecule has 2 bridgehead atoms. The number of nitrogens with zero attached hydrogens (tertiary/aromatic N) is 1. The lowest BCUT2D eigenvalue weighted by molar-refractivity contribution is -0.137. The molecule has 0 aliphatic carbocycles. The van der Waals surface area contributed by atoms with Crippen LogP contribution in [0.1, 0.15) is 11.1 Å². The van der Waals surface area contributed by atoms with Gasteiger partial charge in [0.1, 0.15) is 11.4 Å². The van der Waals surface area contributed by atoms with E-state index in [9.17, 15) is 9.59 Å². The first-order valence-electron chi connectivity index (χ1n) is 11.0. The number of hydrogen-bond acceptors (Lipinski definition) is 6. The second-order valence-electron chi connectivity index (χ2n) is 8.85. The number of amides is 2. The minimum atomic E-state index is -0.736. The van der Waals surface area contributed by atoms with Gasteiger partial charge in [0.2, 0.25) is 18.6 Å². The van der Waals surface area contributed by atoms with Crippen LogP contribution in [0.15, 0.2) is 54.6 Å². The molecule has 2 aromatic carbocycles. The van der Waals surface area contributed by atoms with Gasteiger partial charge in [0.15, 0.2) is 11.5 Å². The molecule has 4 heterocycles. The van der Waals surface area contributed by atoms with Gasteiger partial charge >= 0.3 is 0 Å². The van der Waals surface area contributed by atoms with Crippen molar-refractivity contribution >= 4 is 11.8 Å². The summed E-state index contributed by atoms with van der Waals surface area (Å²) in [4.78, 5) is 28.4. The summed E-state index contributed by atoms with van der Waals surface area (Å²) in [5.41, 5.74) is 1.17. The molecule has 0 aromatic heterocycles. The van der Waals surface area contributed by atoms with Gasteiger partial charge in [0.25, 0.3) is 0 Å². The number of ether oxygens (including phenoxy) is 4. The fourth-order valence-electron chi connectivity index (χ4n) is 5.32. The second-order valence-corrected chi connectivity index (χ2v) is 8.85. The third kappa shape index (κ3) is 3.24. The Morgan fingerprint density at radius 1 is 1.15 bits per heavy atom. The number of rotatable bonds is 6. The Morgan fingerprint density at radius 3 is 2.76 bits per heavy atom. The number of carbonyl (C=O) groups is 2. The van der Waals surface area contributed by atoms with Crippen LogP contribution in [0.5, 0.6) is 17.2 Å². The van der Waals surface area contributed by atoms with Crippen LogP contribution < -0.4 is 19.5 Å². The van der Waals surface area contributed by atoms with E-state index in [-0.39, 0.29) is 24.7 Å². The van der Waals surface area contributed by atoms with Gasteiger partial charge in [0, 0.05) is 13.1 Å². The minimum absolute atomic E-state index is 0.0517. The number of carbonyl (C=O) groups excluding carboxylic acids is 2. The largest absolute Gasteiger partial charge is 0.497 e. The Balaban J connectivity index is 1.16. The second kappa shape index (κ2) is 7.52. The highest BCUT2D eigenvalue weighted by Gasteiger charge is 2.66. The maximum Gasteiger partial charge on any atom is 0.231 e. The van der Waals surface area contributed by atoms with Crippen LogP contribution in [0.3, 0.4) is 0 Å². The summed E-state index contributed by atoms with van der Waals surface area (Å²) < 4.78 is 22.2.